The highest BCUT2D eigenvalue weighted by molar-refractivity contribution is 7.92. The SMILES string of the molecule is CS(=O)(=O)N(CCO)c1cc2oc(-c3ccc(Oc4ccccc4F)cc3)c(C(=O)OC(N)=O)c2cc1C1CC1. The fourth-order valence-electron chi connectivity index (χ4n) is 4.52. The fourth-order valence-corrected chi connectivity index (χ4v) is 5.45. The van der Waals surface area contributed by atoms with E-state index in [1.165, 1.54) is 18.2 Å². The number of esters is 1. The highest BCUT2D eigenvalue weighted by Gasteiger charge is 2.33. The van der Waals surface area contributed by atoms with Crippen LogP contribution < -0.4 is 14.8 Å². The van der Waals surface area contributed by atoms with E-state index in [-0.39, 0.29) is 35.1 Å². The summed E-state index contributed by atoms with van der Waals surface area (Å²) in [6.07, 6.45) is 1.36. The third kappa shape index (κ3) is 5.49. The Morgan fingerprint density at radius 3 is 2.42 bits per heavy atom. The molecule has 0 spiro atoms. The molecule has 1 fully saturated rings. The molecule has 0 unspecified atom stereocenters. The minimum absolute atomic E-state index is 0.0307. The normalized spacial score (nSPS) is 13.3. The molecular formula is C28H25FN2O8S. The summed E-state index contributed by atoms with van der Waals surface area (Å²) >= 11 is 0. The van der Waals surface area contributed by atoms with Gasteiger partial charge in [-0.25, -0.2) is 22.4 Å². The number of nitrogens with two attached hydrogens (primary N) is 1. The molecule has 40 heavy (non-hydrogen) atoms. The summed E-state index contributed by atoms with van der Waals surface area (Å²) in [5.74, 6) is -1.15. The number of aliphatic hydroxyl groups excluding tert-OH is 1. The van der Waals surface area contributed by atoms with E-state index in [2.05, 4.69) is 0 Å². The first-order chi connectivity index (χ1) is 19.1. The van der Waals surface area contributed by atoms with Gasteiger partial charge in [0.2, 0.25) is 10.0 Å². The lowest BCUT2D eigenvalue weighted by atomic mass is 10.0. The second kappa shape index (κ2) is 10.6. The lowest BCUT2D eigenvalue weighted by Crippen LogP contribution is -2.33. The number of anilines is 1. The van der Waals surface area contributed by atoms with E-state index in [4.69, 9.17) is 19.6 Å². The van der Waals surface area contributed by atoms with Gasteiger partial charge in [-0.15, -0.1) is 0 Å². The average Bonchev–Trinajstić information content (AvgIpc) is 3.67. The fraction of sp³-hybridized carbons (Fsp3) is 0.214. The molecule has 1 aliphatic rings. The zero-order valence-electron chi connectivity index (χ0n) is 21.3. The molecule has 0 saturated heterocycles. The van der Waals surface area contributed by atoms with Gasteiger partial charge in [-0.3, -0.25) is 4.31 Å². The maximum Gasteiger partial charge on any atom is 0.412 e. The van der Waals surface area contributed by atoms with Crippen molar-refractivity contribution in [3.63, 3.8) is 0 Å². The molecule has 1 saturated carbocycles. The van der Waals surface area contributed by atoms with Gasteiger partial charge in [-0.2, -0.15) is 0 Å². The molecule has 5 rings (SSSR count). The summed E-state index contributed by atoms with van der Waals surface area (Å²) in [5.41, 5.74) is 6.58. The molecule has 0 atom stereocenters. The predicted octanol–water partition coefficient (Wildman–Crippen LogP) is 4.90. The number of ether oxygens (including phenoxy) is 2. The van der Waals surface area contributed by atoms with Crippen LogP contribution in [0.25, 0.3) is 22.3 Å². The van der Waals surface area contributed by atoms with E-state index >= 15 is 0 Å². The van der Waals surface area contributed by atoms with Crippen molar-refractivity contribution in [3.05, 3.63) is 77.6 Å². The number of nitrogens with zero attached hydrogens (tertiary/aromatic N) is 1. The van der Waals surface area contributed by atoms with E-state index in [1.807, 2.05) is 0 Å². The van der Waals surface area contributed by atoms with Gasteiger partial charge < -0.3 is 24.7 Å². The number of hydrogen-bond acceptors (Lipinski definition) is 8. The summed E-state index contributed by atoms with van der Waals surface area (Å²) < 4.78 is 56.6. The smallest absolute Gasteiger partial charge is 0.412 e. The van der Waals surface area contributed by atoms with Crippen LogP contribution >= 0.6 is 0 Å². The topological polar surface area (TPSA) is 149 Å². The van der Waals surface area contributed by atoms with Crippen molar-refractivity contribution in [3.8, 4) is 22.8 Å². The Hall–Kier alpha value is -4.42. The van der Waals surface area contributed by atoms with Crippen LogP contribution in [0.3, 0.4) is 0 Å². The molecule has 3 N–H and O–H groups in total. The highest BCUT2D eigenvalue weighted by atomic mass is 32.2. The summed E-state index contributed by atoms with van der Waals surface area (Å²) in [6.45, 7) is -0.576. The van der Waals surface area contributed by atoms with Crippen molar-refractivity contribution in [2.24, 2.45) is 5.73 Å². The van der Waals surface area contributed by atoms with Crippen LogP contribution in [0.4, 0.5) is 14.9 Å². The van der Waals surface area contributed by atoms with Crippen LogP contribution in [0.5, 0.6) is 11.5 Å². The number of fused-ring (bicyclic) bond motifs is 1. The van der Waals surface area contributed by atoms with Gasteiger partial charge in [0, 0.05) is 17.0 Å². The average molecular weight is 569 g/mol. The summed E-state index contributed by atoms with van der Waals surface area (Å²) in [5, 5.41) is 9.84. The van der Waals surface area contributed by atoms with E-state index in [0.29, 0.717) is 28.0 Å². The molecule has 0 aliphatic heterocycles. The summed E-state index contributed by atoms with van der Waals surface area (Å²) in [4.78, 5) is 24.5. The van der Waals surface area contributed by atoms with Crippen molar-refractivity contribution in [1.82, 2.24) is 0 Å². The van der Waals surface area contributed by atoms with E-state index in [1.54, 1.807) is 42.5 Å². The second-order valence-corrected chi connectivity index (χ2v) is 11.2. The molecule has 208 valence electrons. The molecule has 1 aromatic heterocycles. The monoisotopic (exact) mass is 568 g/mol. The van der Waals surface area contributed by atoms with Gasteiger partial charge in [0.25, 0.3) is 0 Å². The van der Waals surface area contributed by atoms with E-state index in [9.17, 15) is 27.5 Å². The van der Waals surface area contributed by atoms with Gasteiger partial charge in [0.05, 0.1) is 25.1 Å². The largest absolute Gasteiger partial charge is 0.455 e. The van der Waals surface area contributed by atoms with Gasteiger partial charge in [0.15, 0.2) is 11.6 Å². The second-order valence-electron chi connectivity index (χ2n) is 9.31. The number of sulfonamides is 1. The van der Waals surface area contributed by atoms with Gasteiger partial charge in [0.1, 0.15) is 22.7 Å². The third-order valence-electron chi connectivity index (χ3n) is 6.40. The number of benzene rings is 3. The van der Waals surface area contributed by atoms with Crippen molar-refractivity contribution >= 4 is 38.7 Å². The standard InChI is InChI=1S/C28H25FN2O8S/c1-40(35,36)31(12-13-32)22-15-24-20(14-19(22)16-6-7-16)25(27(33)39-28(30)34)26(38-24)17-8-10-18(11-9-17)37-23-5-3-2-4-21(23)29/h2-5,8-11,14-16,32H,6-7,12-13H2,1H3,(H2,30,34). The molecule has 1 heterocycles. The Kier molecular flexibility index (Phi) is 7.21. The van der Waals surface area contributed by atoms with Gasteiger partial charge in [-0.1, -0.05) is 12.1 Å². The molecule has 10 nitrogen and oxygen atoms in total. The highest BCUT2D eigenvalue weighted by Crippen LogP contribution is 2.48. The zero-order chi connectivity index (χ0) is 28.6. The number of rotatable bonds is 9. The minimum Gasteiger partial charge on any atom is -0.455 e. The first-order valence-corrected chi connectivity index (χ1v) is 14.1. The van der Waals surface area contributed by atoms with Crippen LogP contribution in [-0.4, -0.2) is 45.0 Å². The number of aliphatic hydroxyl groups is 1. The Labute approximate surface area is 228 Å². The van der Waals surface area contributed by atoms with E-state index in [0.717, 1.165) is 23.4 Å². The van der Waals surface area contributed by atoms with Crippen molar-refractivity contribution in [2.45, 2.75) is 18.8 Å². The first kappa shape index (κ1) is 27.2. The molecule has 3 aromatic carbocycles. The number of carbonyl (C=O) groups is 2. The summed E-state index contributed by atoms with van der Waals surface area (Å²) in [7, 11) is -3.76. The van der Waals surface area contributed by atoms with Crippen molar-refractivity contribution < 1.29 is 41.4 Å². The van der Waals surface area contributed by atoms with Crippen LogP contribution in [-0.2, 0) is 14.8 Å². The molecule has 4 aromatic rings. The van der Waals surface area contributed by atoms with Crippen molar-refractivity contribution in [2.75, 3.05) is 23.7 Å². The number of halogens is 1. The maximum absolute atomic E-state index is 14.0. The first-order valence-electron chi connectivity index (χ1n) is 12.3. The Morgan fingerprint density at radius 1 is 1.12 bits per heavy atom. The van der Waals surface area contributed by atoms with Crippen LogP contribution in [0.2, 0.25) is 0 Å². The quantitative estimate of drug-likeness (QED) is 0.214. The maximum atomic E-state index is 14.0. The van der Waals surface area contributed by atoms with Crippen LogP contribution in [0.1, 0.15) is 34.7 Å². The zero-order valence-corrected chi connectivity index (χ0v) is 22.1. The molecule has 0 bridgehead atoms. The Morgan fingerprint density at radius 2 is 1.82 bits per heavy atom. The van der Waals surface area contributed by atoms with Gasteiger partial charge >= 0.3 is 12.1 Å². The number of carbonyl (C=O) groups excluding carboxylic acids is 2. The lowest BCUT2D eigenvalue weighted by molar-refractivity contribution is 0.0640. The molecule has 1 aliphatic carbocycles. The summed E-state index contributed by atoms with van der Waals surface area (Å²) in [6, 6.07) is 15.3. The predicted molar refractivity (Wildman–Crippen MR) is 144 cm³/mol. The molecule has 12 heteroatoms. The minimum atomic E-state index is -3.76. The van der Waals surface area contributed by atoms with Crippen molar-refractivity contribution in [1.29, 1.82) is 0 Å². The van der Waals surface area contributed by atoms with E-state index < -0.39 is 34.5 Å². The number of para-hydroxylation sites is 1. The van der Waals surface area contributed by atoms with Crippen LogP contribution in [0, 0.1) is 5.82 Å². The number of hydrogen-bond donors (Lipinski definition) is 2. The Bertz CT molecular complexity index is 1710. The number of amides is 1. The van der Waals surface area contributed by atoms with Crippen LogP contribution in [0.15, 0.2) is 65.1 Å². The number of primary amides is 1. The molecule has 1 amide bonds. The molecule has 0 radical (unpaired) electrons. The third-order valence-corrected chi connectivity index (χ3v) is 7.58. The van der Waals surface area contributed by atoms with Gasteiger partial charge in [-0.05, 0) is 66.8 Å². The number of furan rings is 1. The molecular weight excluding hydrogens is 543 g/mol. The Balaban J connectivity index is 1.64. The lowest BCUT2D eigenvalue weighted by Gasteiger charge is -2.24.